The highest BCUT2D eigenvalue weighted by molar-refractivity contribution is 5.88. The first kappa shape index (κ1) is 16.3. The molecule has 126 valence electrons. The third kappa shape index (κ3) is 2.84. The topological polar surface area (TPSA) is 52.6 Å². The van der Waals surface area contributed by atoms with Gasteiger partial charge in [0.2, 0.25) is 0 Å². The number of hydrogen-bond acceptors (Lipinski definition) is 4. The van der Waals surface area contributed by atoms with E-state index in [4.69, 9.17) is 9.47 Å². The highest BCUT2D eigenvalue weighted by Crippen LogP contribution is 2.65. The fourth-order valence-corrected chi connectivity index (χ4v) is 5.52. The molecule has 0 aromatic carbocycles. The van der Waals surface area contributed by atoms with Gasteiger partial charge >= 0.3 is 11.9 Å². The van der Waals surface area contributed by atoms with Gasteiger partial charge in [0.05, 0.1) is 0 Å². The van der Waals surface area contributed by atoms with Crippen molar-refractivity contribution in [1.82, 2.24) is 0 Å². The molecule has 4 rings (SSSR count). The zero-order valence-corrected chi connectivity index (χ0v) is 14.4. The van der Waals surface area contributed by atoms with Crippen molar-refractivity contribution in [3.63, 3.8) is 0 Å². The van der Waals surface area contributed by atoms with Gasteiger partial charge in [0.15, 0.2) is 0 Å². The second-order valence-corrected chi connectivity index (χ2v) is 8.53. The van der Waals surface area contributed by atoms with E-state index in [0.717, 1.165) is 32.1 Å². The van der Waals surface area contributed by atoms with Crippen molar-refractivity contribution >= 4 is 11.9 Å². The van der Waals surface area contributed by atoms with Crippen molar-refractivity contribution in [3.8, 4) is 0 Å². The molecule has 0 amide bonds. The molecule has 0 N–H and O–H groups in total. The van der Waals surface area contributed by atoms with Gasteiger partial charge in [0.25, 0.3) is 0 Å². The molecule has 0 radical (unpaired) electrons. The van der Waals surface area contributed by atoms with E-state index in [1.54, 1.807) is 13.8 Å². The van der Waals surface area contributed by atoms with Crippen LogP contribution in [0.25, 0.3) is 0 Å². The maximum atomic E-state index is 12.1. The van der Waals surface area contributed by atoms with Crippen LogP contribution in [-0.4, -0.2) is 23.1 Å². The molecule has 0 aromatic heterocycles. The average molecular weight is 318 g/mol. The minimum absolute atomic E-state index is 0.0596. The normalized spacial score (nSPS) is 40.6. The van der Waals surface area contributed by atoms with E-state index in [1.807, 2.05) is 0 Å². The molecule has 4 saturated carbocycles. The lowest BCUT2D eigenvalue weighted by atomic mass is 9.46. The molecule has 4 aliphatic carbocycles. The van der Waals surface area contributed by atoms with Gasteiger partial charge in [-0.1, -0.05) is 20.1 Å². The molecular formula is C19H26O4. The standard InChI is InChI=1S/C19H26O4/c1-12(2)15(20)22-18-7-14-6-17(5,9-18)10-19(8-14,11-18)23-16(21)13(3)4/h14H,1,3,6-11H2,2,4-5H3. The summed E-state index contributed by atoms with van der Waals surface area (Å²) >= 11 is 0. The Bertz CT molecular complexity index is 558. The predicted molar refractivity (Wildman–Crippen MR) is 86.6 cm³/mol. The second kappa shape index (κ2) is 4.96. The summed E-state index contributed by atoms with van der Waals surface area (Å²) in [5, 5.41) is 0. The summed E-state index contributed by atoms with van der Waals surface area (Å²) in [6.07, 6.45) is 5.15. The van der Waals surface area contributed by atoms with Crippen LogP contribution in [0.2, 0.25) is 0 Å². The highest BCUT2D eigenvalue weighted by Gasteiger charge is 2.65. The number of ether oxygens (including phenoxy) is 2. The Morgan fingerprint density at radius 2 is 1.30 bits per heavy atom. The molecule has 0 aromatic rings. The molecule has 4 aliphatic rings. The van der Waals surface area contributed by atoms with Crippen LogP contribution in [0.1, 0.15) is 59.3 Å². The molecule has 0 aliphatic heterocycles. The lowest BCUT2D eigenvalue weighted by molar-refractivity contribution is -0.245. The Hall–Kier alpha value is -1.58. The fourth-order valence-electron chi connectivity index (χ4n) is 5.52. The number of carbonyl (C=O) groups excluding carboxylic acids is 2. The minimum Gasteiger partial charge on any atom is -0.456 e. The van der Waals surface area contributed by atoms with E-state index in [1.165, 1.54) is 0 Å². The number of carbonyl (C=O) groups is 2. The Kier molecular flexibility index (Phi) is 3.51. The van der Waals surface area contributed by atoms with E-state index in [-0.39, 0.29) is 17.4 Å². The molecule has 2 atom stereocenters. The van der Waals surface area contributed by atoms with E-state index in [0.29, 0.717) is 23.5 Å². The number of rotatable bonds is 4. The van der Waals surface area contributed by atoms with Gasteiger partial charge in [0, 0.05) is 17.6 Å². The summed E-state index contributed by atoms with van der Waals surface area (Å²) in [5.41, 5.74) is -0.138. The van der Waals surface area contributed by atoms with Crippen LogP contribution in [0.15, 0.2) is 24.3 Å². The smallest absolute Gasteiger partial charge is 0.333 e. The van der Waals surface area contributed by atoms with Crippen LogP contribution in [-0.2, 0) is 19.1 Å². The van der Waals surface area contributed by atoms with Crippen LogP contribution in [0.5, 0.6) is 0 Å². The van der Waals surface area contributed by atoms with Crippen molar-refractivity contribution in [1.29, 1.82) is 0 Å². The number of esters is 2. The Morgan fingerprint density at radius 3 is 1.65 bits per heavy atom. The molecule has 4 nitrogen and oxygen atoms in total. The lowest BCUT2D eigenvalue weighted by Crippen LogP contribution is -2.64. The summed E-state index contributed by atoms with van der Waals surface area (Å²) in [7, 11) is 0. The lowest BCUT2D eigenvalue weighted by Gasteiger charge is -2.64. The van der Waals surface area contributed by atoms with Crippen LogP contribution in [0, 0.1) is 11.3 Å². The van der Waals surface area contributed by atoms with Crippen LogP contribution in [0.4, 0.5) is 0 Å². The van der Waals surface area contributed by atoms with Gasteiger partial charge in [-0.3, -0.25) is 0 Å². The second-order valence-electron chi connectivity index (χ2n) is 8.53. The van der Waals surface area contributed by atoms with E-state index in [9.17, 15) is 9.59 Å². The third-order valence-corrected chi connectivity index (χ3v) is 5.56. The van der Waals surface area contributed by atoms with Gasteiger partial charge < -0.3 is 9.47 Å². The first-order valence-corrected chi connectivity index (χ1v) is 8.34. The van der Waals surface area contributed by atoms with Crippen LogP contribution >= 0.6 is 0 Å². The maximum absolute atomic E-state index is 12.1. The maximum Gasteiger partial charge on any atom is 0.333 e. The zero-order valence-electron chi connectivity index (χ0n) is 14.4. The summed E-state index contributed by atoms with van der Waals surface area (Å²) in [6.45, 7) is 12.9. The minimum atomic E-state index is -0.514. The molecule has 4 bridgehead atoms. The Morgan fingerprint density at radius 1 is 0.870 bits per heavy atom. The number of hydrogen-bond donors (Lipinski definition) is 0. The van der Waals surface area contributed by atoms with Crippen LogP contribution in [0.3, 0.4) is 0 Å². The summed E-state index contributed by atoms with van der Waals surface area (Å²) in [6, 6.07) is 0. The van der Waals surface area contributed by atoms with Gasteiger partial charge in [-0.15, -0.1) is 0 Å². The first-order chi connectivity index (χ1) is 10.6. The van der Waals surface area contributed by atoms with Crippen molar-refractivity contribution in [2.24, 2.45) is 11.3 Å². The molecule has 0 saturated heterocycles. The summed E-state index contributed by atoms with van der Waals surface area (Å²) < 4.78 is 11.8. The SMILES string of the molecule is C=C(C)C(=O)OC12CC3CC(C)(C1)CC(OC(=O)C(=C)C)(C3)C2. The van der Waals surface area contributed by atoms with Gasteiger partial charge in [-0.05, 0) is 57.3 Å². The molecule has 4 heteroatoms. The molecule has 4 fully saturated rings. The largest absolute Gasteiger partial charge is 0.456 e. The fraction of sp³-hybridized carbons (Fsp3) is 0.684. The van der Waals surface area contributed by atoms with Crippen molar-refractivity contribution in [2.45, 2.75) is 70.5 Å². The summed E-state index contributed by atoms with van der Waals surface area (Å²) in [5.74, 6) is -0.235. The predicted octanol–water partition coefficient (Wildman–Crippen LogP) is 3.71. The molecule has 0 spiro atoms. The van der Waals surface area contributed by atoms with E-state index >= 15 is 0 Å². The Balaban J connectivity index is 1.90. The molecular weight excluding hydrogens is 292 g/mol. The summed E-state index contributed by atoms with van der Waals surface area (Å²) in [4.78, 5) is 24.2. The van der Waals surface area contributed by atoms with Gasteiger partial charge in [-0.25, -0.2) is 9.59 Å². The van der Waals surface area contributed by atoms with Gasteiger partial charge in [0.1, 0.15) is 11.2 Å². The first-order valence-electron chi connectivity index (χ1n) is 8.34. The van der Waals surface area contributed by atoms with Crippen molar-refractivity contribution < 1.29 is 19.1 Å². The van der Waals surface area contributed by atoms with Crippen molar-refractivity contribution in [3.05, 3.63) is 24.3 Å². The monoisotopic (exact) mass is 318 g/mol. The molecule has 0 heterocycles. The quantitative estimate of drug-likeness (QED) is 0.586. The van der Waals surface area contributed by atoms with Crippen LogP contribution < -0.4 is 0 Å². The Labute approximate surface area is 137 Å². The van der Waals surface area contributed by atoms with E-state index in [2.05, 4.69) is 20.1 Å². The van der Waals surface area contributed by atoms with E-state index < -0.39 is 11.2 Å². The zero-order chi connectivity index (χ0) is 17.0. The molecule has 2 unspecified atom stereocenters. The van der Waals surface area contributed by atoms with Crippen molar-refractivity contribution in [2.75, 3.05) is 0 Å². The molecule has 23 heavy (non-hydrogen) atoms. The highest BCUT2D eigenvalue weighted by atomic mass is 16.6. The average Bonchev–Trinajstić information content (AvgIpc) is 2.33. The van der Waals surface area contributed by atoms with Gasteiger partial charge in [-0.2, -0.15) is 0 Å². The third-order valence-electron chi connectivity index (χ3n) is 5.56.